The molecule has 0 bridgehead atoms. The number of benzene rings is 2. The van der Waals surface area contributed by atoms with E-state index in [2.05, 4.69) is 36.9 Å². The summed E-state index contributed by atoms with van der Waals surface area (Å²) in [7, 11) is 0. The normalized spacial score (nSPS) is 14.2. The maximum atomic E-state index is 14.0. The molecular weight excluding hydrogens is 754 g/mol. The van der Waals surface area contributed by atoms with Gasteiger partial charge >= 0.3 is 5.97 Å². The molecule has 0 saturated heterocycles. The number of carboxylic acid groups (broad SMARTS) is 1. The van der Waals surface area contributed by atoms with Crippen molar-refractivity contribution in [3.05, 3.63) is 65.9 Å². The molecule has 6 atom stereocenters. The lowest BCUT2D eigenvalue weighted by molar-refractivity contribution is -0.141. The van der Waals surface area contributed by atoms with E-state index in [1.165, 1.54) is 19.1 Å². The van der Waals surface area contributed by atoms with Gasteiger partial charge in [-0.1, -0.05) is 51.1 Å². The molecule has 0 aliphatic carbocycles. The standard InChI is InChI=1S/C39H53N9O10/c1-5-26(34(41)53)45-39(58)31(17-33(51)52)48-37(56)28(14-20(2)3)47-38(57)30(16-23-18-42-27-9-7-6-8-25(23)27)44-32(50)19-43-36(55)29(46-35(54)21(4)40)15-22-10-12-24(49)13-11-22/h6-13,18,20-21,26,28-31,42,49H,5,14-17,19,40H2,1-4H3,(H2,41,53)(H,43,55)(H,44,50)(H,45,58)(H,46,54)(H,47,57)(H,48,56)(H,51,52)/t21-,26-,28-,29-,30-,31-/m0/s1. The Kier molecular flexibility index (Phi) is 17.2. The van der Waals surface area contributed by atoms with E-state index in [0.29, 0.717) is 11.1 Å². The summed E-state index contributed by atoms with van der Waals surface area (Å²) in [6, 6.07) is 5.70. The highest BCUT2D eigenvalue weighted by Crippen LogP contribution is 2.20. The molecule has 0 spiro atoms. The highest BCUT2D eigenvalue weighted by molar-refractivity contribution is 5.97. The third-order valence-corrected chi connectivity index (χ3v) is 9.02. The van der Waals surface area contributed by atoms with Crippen molar-refractivity contribution < 1.29 is 48.6 Å². The number of carboxylic acids is 1. The highest BCUT2D eigenvalue weighted by Gasteiger charge is 2.33. The number of carbonyl (C=O) groups is 8. The summed E-state index contributed by atoms with van der Waals surface area (Å²) in [4.78, 5) is 106. The first-order chi connectivity index (χ1) is 27.4. The molecule has 19 heteroatoms. The number of phenols is 1. The van der Waals surface area contributed by atoms with Crippen molar-refractivity contribution >= 4 is 58.2 Å². The largest absolute Gasteiger partial charge is 0.508 e. The number of amides is 7. The zero-order valence-electron chi connectivity index (χ0n) is 32.8. The molecule has 7 amide bonds. The molecule has 13 N–H and O–H groups in total. The summed E-state index contributed by atoms with van der Waals surface area (Å²) < 4.78 is 0. The zero-order chi connectivity index (χ0) is 43.1. The van der Waals surface area contributed by atoms with Crippen molar-refractivity contribution in [3.63, 3.8) is 0 Å². The second kappa shape index (κ2) is 21.7. The van der Waals surface area contributed by atoms with Gasteiger partial charge in [0.15, 0.2) is 0 Å². The molecule has 0 aliphatic rings. The lowest BCUT2D eigenvalue weighted by Crippen LogP contribution is -2.59. The molecule has 0 unspecified atom stereocenters. The number of hydrogen-bond donors (Lipinski definition) is 11. The number of fused-ring (bicyclic) bond motifs is 1. The summed E-state index contributed by atoms with van der Waals surface area (Å²) in [6.45, 7) is 5.93. The van der Waals surface area contributed by atoms with Crippen LogP contribution in [0.5, 0.6) is 5.75 Å². The molecule has 0 fully saturated rings. The Morgan fingerprint density at radius 2 is 1.28 bits per heavy atom. The number of rotatable bonds is 22. The van der Waals surface area contributed by atoms with E-state index in [4.69, 9.17) is 11.5 Å². The lowest BCUT2D eigenvalue weighted by Gasteiger charge is -2.26. The van der Waals surface area contributed by atoms with Gasteiger partial charge in [0.2, 0.25) is 41.4 Å². The topological polar surface area (TPSA) is 317 Å². The molecular formula is C39H53N9O10. The van der Waals surface area contributed by atoms with Gasteiger partial charge in [-0.2, -0.15) is 0 Å². The number of H-pyrrole nitrogens is 1. The van der Waals surface area contributed by atoms with Crippen LogP contribution in [0.15, 0.2) is 54.7 Å². The van der Waals surface area contributed by atoms with Crippen LogP contribution in [0.25, 0.3) is 10.9 Å². The lowest BCUT2D eigenvalue weighted by atomic mass is 10.00. The van der Waals surface area contributed by atoms with Crippen molar-refractivity contribution in [2.45, 2.75) is 96.1 Å². The number of nitrogens with one attached hydrogen (secondary N) is 7. The van der Waals surface area contributed by atoms with Crippen LogP contribution in [0.4, 0.5) is 0 Å². The third-order valence-electron chi connectivity index (χ3n) is 9.02. The van der Waals surface area contributed by atoms with Crippen LogP contribution in [0.3, 0.4) is 0 Å². The van der Waals surface area contributed by atoms with E-state index < -0.39 is 96.5 Å². The van der Waals surface area contributed by atoms with Crippen molar-refractivity contribution in [2.24, 2.45) is 17.4 Å². The summed E-state index contributed by atoms with van der Waals surface area (Å²) in [6.07, 6.45) is 0.892. The minimum absolute atomic E-state index is 0.000342. The quantitative estimate of drug-likeness (QED) is 0.0583. The number of carbonyl (C=O) groups excluding carboxylic acids is 7. The summed E-state index contributed by atoms with van der Waals surface area (Å²) in [5.74, 6) is -7.29. The number of aromatic amines is 1. The zero-order valence-corrected chi connectivity index (χ0v) is 32.8. The Morgan fingerprint density at radius 1 is 0.707 bits per heavy atom. The number of para-hydroxylation sites is 1. The van der Waals surface area contributed by atoms with Crippen LogP contribution < -0.4 is 43.4 Å². The van der Waals surface area contributed by atoms with E-state index >= 15 is 0 Å². The number of nitrogens with two attached hydrogens (primary N) is 2. The van der Waals surface area contributed by atoms with E-state index in [-0.39, 0.29) is 37.4 Å². The molecule has 0 radical (unpaired) electrons. The number of phenolic OH excluding ortho intramolecular Hbond substituents is 1. The van der Waals surface area contributed by atoms with Crippen LogP contribution in [-0.2, 0) is 51.2 Å². The van der Waals surface area contributed by atoms with Gasteiger partial charge in [-0.05, 0) is 55.0 Å². The Hall–Kier alpha value is -6.50. The van der Waals surface area contributed by atoms with Crippen molar-refractivity contribution in [1.29, 1.82) is 0 Å². The van der Waals surface area contributed by atoms with Gasteiger partial charge in [0.1, 0.15) is 36.0 Å². The average molecular weight is 808 g/mol. The molecule has 58 heavy (non-hydrogen) atoms. The van der Waals surface area contributed by atoms with Crippen molar-refractivity contribution in [1.82, 2.24) is 36.9 Å². The molecule has 2 aromatic carbocycles. The summed E-state index contributed by atoms with van der Waals surface area (Å²) in [5, 5.41) is 34.9. The number of primary amides is 1. The predicted octanol–water partition coefficient (Wildman–Crippen LogP) is -1.04. The Bertz CT molecular complexity index is 1950. The summed E-state index contributed by atoms with van der Waals surface area (Å²) in [5.41, 5.74) is 13.0. The number of aromatic nitrogens is 1. The van der Waals surface area contributed by atoms with E-state index in [1.807, 2.05) is 18.2 Å². The Labute approximate surface area is 334 Å². The number of hydrogen-bond acceptors (Lipinski definition) is 10. The Morgan fingerprint density at radius 3 is 1.88 bits per heavy atom. The van der Waals surface area contributed by atoms with Gasteiger partial charge < -0.3 is 58.6 Å². The van der Waals surface area contributed by atoms with E-state index in [1.54, 1.807) is 45.2 Å². The average Bonchev–Trinajstić information content (AvgIpc) is 3.57. The van der Waals surface area contributed by atoms with Gasteiger partial charge in [-0.15, -0.1) is 0 Å². The smallest absolute Gasteiger partial charge is 0.305 e. The van der Waals surface area contributed by atoms with Crippen molar-refractivity contribution in [2.75, 3.05) is 6.54 Å². The fraction of sp³-hybridized carbons (Fsp3) is 0.436. The molecule has 19 nitrogen and oxygen atoms in total. The highest BCUT2D eigenvalue weighted by atomic mass is 16.4. The van der Waals surface area contributed by atoms with Crippen LogP contribution in [0.2, 0.25) is 0 Å². The first-order valence-electron chi connectivity index (χ1n) is 18.8. The molecule has 3 aromatic rings. The fourth-order valence-corrected chi connectivity index (χ4v) is 5.92. The minimum atomic E-state index is -1.63. The van der Waals surface area contributed by atoms with Gasteiger partial charge in [0.05, 0.1) is 19.0 Å². The maximum absolute atomic E-state index is 14.0. The molecule has 1 heterocycles. The van der Waals surface area contributed by atoms with Gasteiger partial charge in [0, 0.05) is 29.9 Å². The van der Waals surface area contributed by atoms with Crippen LogP contribution >= 0.6 is 0 Å². The van der Waals surface area contributed by atoms with Crippen molar-refractivity contribution in [3.8, 4) is 5.75 Å². The van der Waals surface area contributed by atoms with E-state index in [9.17, 15) is 48.6 Å². The number of aromatic hydroxyl groups is 1. The Balaban J connectivity index is 1.84. The molecule has 1 aromatic heterocycles. The molecule has 3 rings (SSSR count). The second-order valence-corrected chi connectivity index (χ2v) is 14.3. The fourth-order valence-electron chi connectivity index (χ4n) is 5.92. The van der Waals surface area contributed by atoms with Crippen LogP contribution in [-0.4, -0.2) is 105 Å². The SMILES string of the molecule is CC[C@H](NC(=O)[C@H](CC(=O)O)NC(=O)[C@H](CC(C)C)NC(=O)[C@H](Cc1c[nH]c2ccccc12)NC(=O)CNC(=O)[C@H](Cc1ccc(O)cc1)NC(=O)[C@H](C)N)C(N)=O. The van der Waals surface area contributed by atoms with Gasteiger partial charge in [0.25, 0.3) is 0 Å². The molecule has 0 saturated carbocycles. The van der Waals surface area contributed by atoms with Crippen LogP contribution in [0, 0.1) is 5.92 Å². The van der Waals surface area contributed by atoms with Gasteiger partial charge in [-0.3, -0.25) is 38.4 Å². The van der Waals surface area contributed by atoms with Crippen LogP contribution in [0.1, 0.15) is 58.1 Å². The summed E-state index contributed by atoms with van der Waals surface area (Å²) >= 11 is 0. The van der Waals surface area contributed by atoms with Gasteiger partial charge in [-0.25, -0.2) is 0 Å². The number of aliphatic carboxylic acids is 1. The third kappa shape index (κ3) is 14.2. The first-order valence-corrected chi connectivity index (χ1v) is 18.8. The van der Waals surface area contributed by atoms with E-state index in [0.717, 1.165) is 10.9 Å². The predicted molar refractivity (Wildman–Crippen MR) is 211 cm³/mol. The maximum Gasteiger partial charge on any atom is 0.305 e. The molecule has 314 valence electrons. The minimum Gasteiger partial charge on any atom is -0.508 e. The monoisotopic (exact) mass is 807 g/mol. The first kappa shape index (κ1) is 45.9. The second-order valence-electron chi connectivity index (χ2n) is 14.3. The molecule has 0 aliphatic heterocycles.